The first-order chi connectivity index (χ1) is 13.0. The molecule has 0 atom stereocenters. The minimum Gasteiger partial charge on any atom is -0.493 e. The molecule has 2 amide bonds. The molecule has 0 aromatic heterocycles. The zero-order valence-corrected chi connectivity index (χ0v) is 15.5. The Balaban J connectivity index is 1.89. The smallest absolute Gasteiger partial charge is 0.255 e. The highest BCUT2D eigenvalue weighted by molar-refractivity contribution is 5.91. The Bertz CT molecular complexity index is 831. The predicted molar refractivity (Wildman–Crippen MR) is 105 cm³/mol. The Kier molecular flexibility index (Phi) is 7.43. The second kappa shape index (κ2) is 10.0. The van der Waals surface area contributed by atoms with E-state index in [0.717, 1.165) is 12.0 Å². The molecule has 142 valence electrons. The highest BCUT2D eigenvalue weighted by Gasteiger charge is 2.06. The highest BCUT2D eigenvalue weighted by Crippen LogP contribution is 2.28. The van der Waals surface area contributed by atoms with Gasteiger partial charge in [-0.2, -0.15) is 0 Å². The summed E-state index contributed by atoms with van der Waals surface area (Å²) in [7, 11) is 1.50. The van der Waals surface area contributed by atoms with Crippen molar-refractivity contribution in [2.24, 2.45) is 5.73 Å². The van der Waals surface area contributed by atoms with Gasteiger partial charge < -0.3 is 20.5 Å². The molecule has 0 saturated carbocycles. The maximum Gasteiger partial charge on any atom is 0.255 e. The third-order valence-corrected chi connectivity index (χ3v) is 3.94. The normalized spacial score (nSPS) is 10.6. The van der Waals surface area contributed by atoms with Crippen molar-refractivity contribution in [2.75, 3.05) is 20.3 Å². The maximum absolute atomic E-state index is 12.0. The summed E-state index contributed by atoms with van der Waals surface area (Å²) < 4.78 is 10.5. The van der Waals surface area contributed by atoms with Crippen LogP contribution in [0.15, 0.2) is 48.5 Å². The van der Waals surface area contributed by atoms with Crippen LogP contribution in [-0.2, 0) is 16.0 Å². The van der Waals surface area contributed by atoms with Crippen LogP contribution in [0.4, 0.5) is 0 Å². The Labute approximate surface area is 159 Å². The van der Waals surface area contributed by atoms with Crippen LogP contribution in [-0.4, -0.2) is 32.1 Å². The summed E-state index contributed by atoms with van der Waals surface area (Å²) in [5, 5.41) is 2.87. The average Bonchev–Trinajstić information content (AvgIpc) is 2.66. The number of amides is 2. The summed E-state index contributed by atoms with van der Waals surface area (Å²) in [6, 6.07) is 13.3. The van der Waals surface area contributed by atoms with Crippen LogP contribution in [0.3, 0.4) is 0 Å². The number of methoxy groups -OCH3 is 1. The number of carbonyl (C=O) groups is 2. The molecule has 0 saturated heterocycles. The Hall–Kier alpha value is -3.28. The number of nitrogens with one attached hydrogen (secondary N) is 1. The van der Waals surface area contributed by atoms with E-state index in [1.165, 1.54) is 24.3 Å². The lowest BCUT2D eigenvalue weighted by atomic mass is 10.1. The molecule has 0 aliphatic carbocycles. The largest absolute Gasteiger partial charge is 0.493 e. The van der Waals surface area contributed by atoms with Gasteiger partial charge in [0.2, 0.25) is 5.91 Å². The fourth-order valence-electron chi connectivity index (χ4n) is 2.50. The van der Waals surface area contributed by atoms with Crippen molar-refractivity contribution in [1.29, 1.82) is 0 Å². The third kappa shape index (κ3) is 6.51. The zero-order chi connectivity index (χ0) is 19.6. The van der Waals surface area contributed by atoms with E-state index < -0.39 is 5.91 Å². The molecule has 27 heavy (non-hydrogen) atoms. The number of primary amides is 1. The predicted octanol–water partition coefficient (Wildman–Crippen LogP) is 2.24. The molecule has 3 N–H and O–H groups in total. The van der Waals surface area contributed by atoms with Gasteiger partial charge in [-0.25, -0.2) is 0 Å². The topological polar surface area (TPSA) is 90.7 Å². The molecule has 6 heteroatoms. The van der Waals surface area contributed by atoms with E-state index in [1.807, 2.05) is 12.1 Å². The zero-order valence-electron chi connectivity index (χ0n) is 15.5. The van der Waals surface area contributed by atoms with Crippen LogP contribution in [0.2, 0.25) is 0 Å². The second-order valence-electron chi connectivity index (χ2n) is 5.97. The maximum atomic E-state index is 12.0. The average molecular weight is 368 g/mol. The van der Waals surface area contributed by atoms with Crippen molar-refractivity contribution in [2.45, 2.75) is 13.3 Å². The Morgan fingerprint density at radius 2 is 1.93 bits per heavy atom. The van der Waals surface area contributed by atoms with E-state index in [9.17, 15) is 9.59 Å². The fraction of sp³-hybridized carbons (Fsp3) is 0.238. The van der Waals surface area contributed by atoms with Gasteiger partial charge in [0.1, 0.15) is 0 Å². The summed E-state index contributed by atoms with van der Waals surface area (Å²) in [5.74, 6) is 0.134. The summed E-state index contributed by atoms with van der Waals surface area (Å²) in [5.41, 5.74) is 8.27. The number of ether oxygens (including phenoxy) is 2. The minimum atomic E-state index is -0.566. The van der Waals surface area contributed by atoms with Crippen LogP contribution >= 0.6 is 0 Å². The second-order valence-corrected chi connectivity index (χ2v) is 5.97. The quantitative estimate of drug-likeness (QED) is 0.664. The first-order valence-electron chi connectivity index (χ1n) is 8.59. The van der Waals surface area contributed by atoms with Gasteiger partial charge in [0, 0.05) is 12.6 Å². The monoisotopic (exact) mass is 368 g/mol. The highest BCUT2D eigenvalue weighted by atomic mass is 16.5. The number of nitrogens with two attached hydrogens (primary N) is 1. The lowest BCUT2D eigenvalue weighted by Gasteiger charge is -2.10. The third-order valence-electron chi connectivity index (χ3n) is 3.94. The molecular formula is C21H24N2O4. The number of benzene rings is 2. The Morgan fingerprint density at radius 1 is 1.15 bits per heavy atom. The summed E-state index contributed by atoms with van der Waals surface area (Å²) in [6.07, 6.45) is 3.94. The molecule has 0 heterocycles. The number of aryl methyl sites for hydroxylation is 1. The molecule has 0 aliphatic heterocycles. The van der Waals surface area contributed by atoms with Crippen LogP contribution in [0.5, 0.6) is 11.5 Å². The molecule has 6 nitrogen and oxygen atoms in total. The van der Waals surface area contributed by atoms with Crippen molar-refractivity contribution < 1.29 is 19.1 Å². The number of hydrogen-bond acceptors (Lipinski definition) is 4. The number of rotatable bonds is 9. The summed E-state index contributed by atoms with van der Waals surface area (Å²) >= 11 is 0. The van der Waals surface area contributed by atoms with E-state index >= 15 is 0 Å². The van der Waals surface area contributed by atoms with E-state index in [2.05, 4.69) is 24.4 Å². The molecule has 2 aromatic rings. The summed E-state index contributed by atoms with van der Waals surface area (Å²) in [6.45, 7) is 2.40. The molecule has 0 unspecified atom stereocenters. The molecule has 0 bridgehead atoms. The number of carbonyl (C=O) groups excluding carboxylic acids is 2. The molecule has 0 fully saturated rings. The van der Waals surface area contributed by atoms with E-state index in [1.54, 1.807) is 24.3 Å². The van der Waals surface area contributed by atoms with Gasteiger partial charge in [-0.3, -0.25) is 9.59 Å². The van der Waals surface area contributed by atoms with Crippen molar-refractivity contribution >= 4 is 17.9 Å². The van der Waals surface area contributed by atoms with Crippen LogP contribution in [0.1, 0.15) is 16.7 Å². The van der Waals surface area contributed by atoms with Crippen molar-refractivity contribution in [3.05, 3.63) is 65.2 Å². The molecule has 0 spiro atoms. The van der Waals surface area contributed by atoms with Gasteiger partial charge >= 0.3 is 0 Å². The minimum absolute atomic E-state index is 0.170. The van der Waals surface area contributed by atoms with Crippen molar-refractivity contribution in [3.63, 3.8) is 0 Å². The fourth-order valence-corrected chi connectivity index (χ4v) is 2.50. The SMILES string of the molecule is COc1cc(/C=C/C(=O)NCCc2ccccc2C)ccc1OCC(N)=O. The van der Waals surface area contributed by atoms with E-state index in [0.29, 0.717) is 18.0 Å². The van der Waals surface area contributed by atoms with Gasteiger partial charge in [0.15, 0.2) is 18.1 Å². The first kappa shape index (κ1) is 20.0. The standard InChI is InChI=1S/C21H24N2O4/c1-15-5-3-4-6-17(15)11-12-23-21(25)10-8-16-7-9-18(19(13-16)26-2)27-14-20(22)24/h3-10,13H,11-12,14H2,1-2H3,(H2,22,24)(H,23,25)/b10-8+. The summed E-state index contributed by atoms with van der Waals surface area (Å²) in [4.78, 5) is 22.8. The van der Waals surface area contributed by atoms with Crippen LogP contribution in [0, 0.1) is 6.92 Å². The first-order valence-corrected chi connectivity index (χ1v) is 8.59. The van der Waals surface area contributed by atoms with Crippen molar-refractivity contribution in [1.82, 2.24) is 5.32 Å². The lowest BCUT2D eigenvalue weighted by Crippen LogP contribution is -2.23. The van der Waals surface area contributed by atoms with Crippen LogP contribution in [0.25, 0.3) is 6.08 Å². The van der Waals surface area contributed by atoms with Gasteiger partial charge in [-0.1, -0.05) is 30.3 Å². The van der Waals surface area contributed by atoms with Crippen LogP contribution < -0.4 is 20.5 Å². The van der Waals surface area contributed by atoms with Gasteiger partial charge in [0.25, 0.3) is 5.91 Å². The van der Waals surface area contributed by atoms with E-state index in [4.69, 9.17) is 15.2 Å². The molecular weight excluding hydrogens is 344 g/mol. The van der Waals surface area contributed by atoms with Gasteiger partial charge in [-0.05, 0) is 48.2 Å². The molecule has 2 rings (SSSR count). The number of hydrogen-bond donors (Lipinski definition) is 2. The molecule has 0 radical (unpaired) electrons. The molecule has 2 aromatic carbocycles. The molecule has 0 aliphatic rings. The van der Waals surface area contributed by atoms with Gasteiger partial charge in [0.05, 0.1) is 7.11 Å². The Morgan fingerprint density at radius 3 is 2.63 bits per heavy atom. The van der Waals surface area contributed by atoms with Crippen molar-refractivity contribution in [3.8, 4) is 11.5 Å². The lowest BCUT2D eigenvalue weighted by molar-refractivity contribution is -0.120. The van der Waals surface area contributed by atoms with E-state index in [-0.39, 0.29) is 12.5 Å². The van der Waals surface area contributed by atoms with Gasteiger partial charge in [-0.15, -0.1) is 0 Å².